The van der Waals surface area contributed by atoms with Gasteiger partial charge in [0.2, 0.25) is 15.9 Å². The van der Waals surface area contributed by atoms with Crippen molar-refractivity contribution in [3.05, 3.63) is 5.82 Å². The van der Waals surface area contributed by atoms with Crippen molar-refractivity contribution >= 4 is 15.9 Å². The van der Waals surface area contributed by atoms with Gasteiger partial charge in [0, 0.05) is 25.6 Å². The number of hydrogen-bond acceptors (Lipinski definition) is 6. The molecule has 1 aromatic heterocycles. The summed E-state index contributed by atoms with van der Waals surface area (Å²) in [5.41, 5.74) is 0. The van der Waals surface area contributed by atoms with Crippen LogP contribution in [-0.4, -0.2) is 64.2 Å². The molecule has 10 heteroatoms. The largest absolute Gasteiger partial charge is 0.356 e. The van der Waals surface area contributed by atoms with Gasteiger partial charge in [-0.25, -0.2) is 13.1 Å². The van der Waals surface area contributed by atoms with E-state index < -0.39 is 10.0 Å². The average Bonchev–Trinajstić information content (AvgIpc) is 2.90. The summed E-state index contributed by atoms with van der Waals surface area (Å²) < 4.78 is 26.7. The summed E-state index contributed by atoms with van der Waals surface area (Å²) in [5, 5.41) is 13.9. The predicted molar refractivity (Wildman–Crippen MR) is 84.0 cm³/mol. The third-order valence-corrected chi connectivity index (χ3v) is 5.39. The first kappa shape index (κ1) is 17.8. The SMILES string of the molecule is Cc1nnnn1CCC(=O)NCC[C@@H]1CCCCN1S(C)(=O)=O. The number of sulfonamides is 1. The minimum atomic E-state index is -3.18. The second-order valence-corrected chi connectivity index (χ2v) is 7.80. The molecule has 1 aliphatic rings. The van der Waals surface area contributed by atoms with Crippen molar-refractivity contribution in [2.75, 3.05) is 19.3 Å². The van der Waals surface area contributed by atoms with E-state index in [1.54, 1.807) is 15.9 Å². The van der Waals surface area contributed by atoms with Crippen LogP contribution in [0.25, 0.3) is 0 Å². The number of nitrogens with one attached hydrogen (secondary N) is 1. The molecule has 1 amide bonds. The van der Waals surface area contributed by atoms with E-state index >= 15 is 0 Å². The Labute approximate surface area is 136 Å². The number of carbonyl (C=O) groups is 1. The normalized spacial score (nSPS) is 19.7. The van der Waals surface area contributed by atoms with Gasteiger partial charge in [0.15, 0.2) is 0 Å². The first-order valence-corrected chi connectivity index (χ1v) is 9.69. The molecule has 1 saturated heterocycles. The maximum atomic E-state index is 11.8. The lowest BCUT2D eigenvalue weighted by Crippen LogP contribution is -2.44. The van der Waals surface area contributed by atoms with Crippen LogP contribution in [0.4, 0.5) is 0 Å². The zero-order valence-corrected chi connectivity index (χ0v) is 14.4. The molecule has 1 aliphatic heterocycles. The molecule has 0 saturated carbocycles. The molecule has 0 unspecified atom stereocenters. The van der Waals surface area contributed by atoms with E-state index in [0.29, 0.717) is 38.3 Å². The Kier molecular flexibility index (Phi) is 6.05. The number of rotatable bonds is 7. The second kappa shape index (κ2) is 7.82. The van der Waals surface area contributed by atoms with Gasteiger partial charge in [-0.3, -0.25) is 4.79 Å². The number of aromatic nitrogens is 4. The van der Waals surface area contributed by atoms with E-state index in [2.05, 4.69) is 20.8 Å². The van der Waals surface area contributed by atoms with Gasteiger partial charge in [-0.2, -0.15) is 4.31 Å². The van der Waals surface area contributed by atoms with Crippen LogP contribution in [0, 0.1) is 6.92 Å². The molecule has 130 valence electrons. The predicted octanol–water partition coefficient (Wildman–Crippen LogP) is -0.308. The van der Waals surface area contributed by atoms with E-state index in [1.165, 1.54) is 6.26 Å². The van der Waals surface area contributed by atoms with Crippen LogP contribution in [0.1, 0.15) is 37.9 Å². The van der Waals surface area contributed by atoms with E-state index in [9.17, 15) is 13.2 Å². The molecule has 0 aromatic carbocycles. The zero-order chi connectivity index (χ0) is 16.9. The zero-order valence-electron chi connectivity index (χ0n) is 13.6. The number of piperidine rings is 1. The Morgan fingerprint density at radius 2 is 2.17 bits per heavy atom. The van der Waals surface area contributed by atoms with Crippen molar-refractivity contribution in [2.45, 2.75) is 51.6 Å². The van der Waals surface area contributed by atoms with Crippen LogP contribution in [0.3, 0.4) is 0 Å². The first-order chi connectivity index (χ1) is 10.9. The molecule has 9 nitrogen and oxygen atoms in total. The highest BCUT2D eigenvalue weighted by Gasteiger charge is 2.28. The lowest BCUT2D eigenvalue weighted by molar-refractivity contribution is -0.121. The molecule has 1 aromatic rings. The minimum absolute atomic E-state index is 0.0131. The number of nitrogens with zero attached hydrogens (tertiary/aromatic N) is 5. The number of tetrazole rings is 1. The maximum absolute atomic E-state index is 11.8. The molecule has 0 aliphatic carbocycles. The summed E-state index contributed by atoms with van der Waals surface area (Å²) >= 11 is 0. The summed E-state index contributed by atoms with van der Waals surface area (Å²) in [6, 6.07) is -0.0131. The fraction of sp³-hybridized carbons (Fsp3) is 0.846. The molecule has 1 atom stereocenters. The molecule has 0 bridgehead atoms. The van der Waals surface area contributed by atoms with Crippen LogP contribution in [-0.2, 0) is 21.4 Å². The lowest BCUT2D eigenvalue weighted by atomic mass is 10.0. The first-order valence-electron chi connectivity index (χ1n) is 7.84. The molecule has 1 N–H and O–H groups in total. The minimum Gasteiger partial charge on any atom is -0.356 e. The Balaban J connectivity index is 1.73. The summed E-state index contributed by atoms with van der Waals surface area (Å²) in [6.45, 7) is 3.27. The number of amides is 1. The topological polar surface area (TPSA) is 110 Å². The highest BCUT2D eigenvalue weighted by Crippen LogP contribution is 2.21. The fourth-order valence-electron chi connectivity index (χ4n) is 2.83. The van der Waals surface area contributed by atoms with Crippen molar-refractivity contribution in [1.29, 1.82) is 0 Å². The average molecular weight is 344 g/mol. The summed E-state index contributed by atoms with van der Waals surface area (Å²) in [5.74, 6) is 0.588. The molecule has 0 radical (unpaired) electrons. The van der Waals surface area contributed by atoms with Crippen molar-refractivity contribution in [3.63, 3.8) is 0 Å². The third-order valence-electron chi connectivity index (χ3n) is 4.06. The Morgan fingerprint density at radius 3 is 2.83 bits per heavy atom. The maximum Gasteiger partial charge on any atom is 0.221 e. The highest BCUT2D eigenvalue weighted by atomic mass is 32.2. The van der Waals surface area contributed by atoms with Crippen LogP contribution >= 0.6 is 0 Å². The molecule has 1 fully saturated rings. The van der Waals surface area contributed by atoms with E-state index in [0.717, 1.165) is 19.3 Å². The fourth-order valence-corrected chi connectivity index (χ4v) is 4.04. The summed E-state index contributed by atoms with van der Waals surface area (Å²) in [6.07, 6.45) is 4.98. The number of carbonyl (C=O) groups excluding carboxylic acids is 1. The lowest BCUT2D eigenvalue weighted by Gasteiger charge is -2.33. The molecule has 23 heavy (non-hydrogen) atoms. The number of aryl methyl sites for hydroxylation is 2. The summed E-state index contributed by atoms with van der Waals surface area (Å²) in [4.78, 5) is 11.8. The van der Waals surface area contributed by atoms with Crippen molar-refractivity contribution in [2.24, 2.45) is 0 Å². The van der Waals surface area contributed by atoms with Crippen LogP contribution in [0.2, 0.25) is 0 Å². The van der Waals surface area contributed by atoms with Crippen LogP contribution < -0.4 is 5.32 Å². The van der Waals surface area contributed by atoms with Gasteiger partial charge in [0.25, 0.3) is 0 Å². The van der Waals surface area contributed by atoms with Gasteiger partial charge >= 0.3 is 0 Å². The Morgan fingerprint density at radius 1 is 1.39 bits per heavy atom. The van der Waals surface area contributed by atoms with Crippen molar-refractivity contribution < 1.29 is 13.2 Å². The van der Waals surface area contributed by atoms with Crippen LogP contribution in [0.5, 0.6) is 0 Å². The van der Waals surface area contributed by atoms with Gasteiger partial charge in [0.1, 0.15) is 5.82 Å². The smallest absolute Gasteiger partial charge is 0.221 e. The van der Waals surface area contributed by atoms with E-state index in [1.807, 2.05) is 0 Å². The van der Waals surface area contributed by atoms with Gasteiger partial charge < -0.3 is 5.32 Å². The highest BCUT2D eigenvalue weighted by molar-refractivity contribution is 7.88. The molecule has 2 rings (SSSR count). The quantitative estimate of drug-likeness (QED) is 0.727. The van der Waals surface area contributed by atoms with Crippen LogP contribution in [0.15, 0.2) is 0 Å². The van der Waals surface area contributed by atoms with Gasteiger partial charge in [-0.1, -0.05) is 6.42 Å². The summed E-state index contributed by atoms with van der Waals surface area (Å²) in [7, 11) is -3.18. The van der Waals surface area contributed by atoms with E-state index in [-0.39, 0.29) is 11.9 Å². The Bertz CT molecular complexity index is 629. The molecular formula is C13H24N6O3S. The second-order valence-electron chi connectivity index (χ2n) is 5.86. The Hall–Kier alpha value is -1.55. The number of hydrogen-bond donors (Lipinski definition) is 1. The van der Waals surface area contributed by atoms with E-state index in [4.69, 9.17) is 0 Å². The molecule has 2 heterocycles. The van der Waals surface area contributed by atoms with Crippen molar-refractivity contribution in [3.8, 4) is 0 Å². The molecule has 0 spiro atoms. The van der Waals surface area contributed by atoms with Crippen molar-refractivity contribution in [1.82, 2.24) is 29.8 Å². The van der Waals surface area contributed by atoms with Gasteiger partial charge in [0.05, 0.1) is 12.8 Å². The third kappa shape index (κ3) is 5.24. The van der Waals surface area contributed by atoms with Gasteiger partial charge in [-0.15, -0.1) is 5.10 Å². The molecular weight excluding hydrogens is 320 g/mol. The van der Waals surface area contributed by atoms with Gasteiger partial charge in [-0.05, 0) is 36.6 Å². The standard InChI is InChI=1S/C13H24N6O3S/c1-11-15-16-17-18(11)10-7-13(20)14-8-6-12-5-3-4-9-19(12)23(2,21)22/h12H,3-10H2,1-2H3,(H,14,20)/t12-/m0/s1. The monoisotopic (exact) mass is 344 g/mol.